The number of likely N-dealkylation sites (tertiary alicyclic amines) is 1. The fourth-order valence-electron chi connectivity index (χ4n) is 2.71. The average Bonchev–Trinajstić information content (AvgIpc) is 2.46. The molecule has 1 aromatic carbocycles. The summed E-state index contributed by atoms with van der Waals surface area (Å²) in [5.74, 6) is 0. The molecule has 24 heavy (non-hydrogen) atoms. The molecule has 1 saturated heterocycles. The molecule has 1 aromatic rings. The van der Waals surface area contributed by atoms with E-state index in [-0.39, 0.29) is 11.5 Å². The minimum absolute atomic E-state index is 0.180. The number of hydrogen-bond acceptors (Lipinski definition) is 3. The van der Waals surface area contributed by atoms with Gasteiger partial charge in [0, 0.05) is 23.2 Å². The topological polar surface area (TPSA) is 29.5 Å². The van der Waals surface area contributed by atoms with Gasteiger partial charge >= 0.3 is 6.09 Å². The van der Waals surface area contributed by atoms with Crippen LogP contribution < -0.4 is 0 Å². The summed E-state index contributed by atoms with van der Waals surface area (Å²) >= 11 is 1.93. The van der Waals surface area contributed by atoms with Gasteiger partial charge in [-0.15, -0.1) is 11.8 Å². The smallest absolute Gasteiger partial charge is 0.410 e. The van der Waals surface area contributed by atoms with E-state index in [1.54, 1.807) is 0 Å². The van der Waals surface area contributed by atoms with Crippen molar-refractivity contribution in [3.8, 4) is 0 Å². The Morgan fingerprint density at radius 1 is 1.04 bits per heavy atom. The maximum absolute atomic E-state index is 12.1. The molecular formula is C20H31NO2S. The maximum Gasteiger partial charge on any atom is 0.410 e. The molecule has 2 rings (SSSR count). The summed E-state index contributed by atoms with van der Waals surface area (Å²) in [6.45, 7) is 14.0. The summed E-state index contributed by atoms with van der Waals surface area (Å²) in [6.07, 6.45) is 1.86. The van der Waals surface area contributed by atoms with Gasteiger partial charge in [-0.3, -0.25) is 0 Å². The van der Waals surface area contributed by atoms with Crippen LogP contribution in [0.25, 0.3) is 0 Å². The van der Waals surface area contributed by atoms with Gasteiger partial charge in [-0.1, -0.05) is 32.9 Å². The van der Waals surface area contributed by atoms with Gasteiger partial charge in [-0.2, -0.15) is 0 Å². The number of rotatable bonds is 2. The van der Waals surface area contributed by atoms with Crippen LogP contribution in [0.15, 0.2) is 29.2 Å². The maximum atomic E-state index is 12.1. The highest BCUT2D eigenvalue weighted by Gasteiger charge is 2.27. The largest absolute Gasteiger partial charge is 0.444 e. The second kappa shape index (κ2) is 7.38. The van der Waals surface area contributed by atoms with Gasteiger partial charge in [0.25, 0.3) is 0 Å². The number of benzene rings is 1. The molecule has 0 atom stereocenters. The van der Waals surface area contributed by atoms with Crippen molar-refractivity contribution in [3.05, 3.63) is 29.8 Å². The molecule has 134 valence electrons. The van der Waals surface area contributed by atoms with E-state index in [4.69, 9.17) is 4.74 Å². The molecular weight excluding hydrogens is 318 g/mol. The van der Waals surface area contributed by atoms with Crippen LogP contribution in [0.4, 0.5) is 4.79 Å². The van der Waals surface area contributed by atoms with Gasteiger partial charge in [0.1, 0.15) is 5.60 Å². The molecule has 1 aliphatic heterocycles. The zero-order valence-corrected chi connectivity index (χ0v) is 16.7. The molecule has 1 heterocycles. The Kier molecular flexibility index (Phi) is 5.90. The van der Waals surface area contributed by atoms with Crippen molar-refractivity contribution in [1.82, 2.24) is 4.90 Å². The zero-order valence-electron chi connectivity index (χ0n) is 15.9. The van der Waals surface area contributed by atoms with E-state index in [9.17, 15) is 4.79 Å². The first-order valence-electron chi connectivity index (χ1n) is 8.80. The second-order valence-corrected chi connectivity index (χ2v) is 9.93. The first-order valence-corrected chi connectivity index (χ1v) is 9.68. The van der Waals surface area contributed by atoms with Crippen LogP contribution in [0.3, 0.4) is 0 Å². The van der Waals surface area contributed by atoms with Crippen LogP contribution in [0.2, 0.25) is 0 Å². The quantitative estimate of drug-likeness (QED) is 0.708. The standard InChI is InChI=1S/C20H31NO2S/c1-19(2,3)15-7-9-16(10-8-15)24-17-11-13-21(14-12-17)18(22)23-20(4,5)6/h7-10,17H,11-14H2,1-6H3. The summed E-state index contributed by atoms with van der Waals surface area (Å²) in [5, 5.41) is 0.573. The molecule has 4 heteroatoms. The molecule has 1 aliphatic rings. The van der Waals surface area contributed by atoms with E-state index < -0.39 is 5.60 Å². The Labute approximate surface area is 151 Å². The van der Waals surface area contributed by atoms with E-state index in [1.807, 2.05) is 37.4 Å². The number of ether oxygens (including phenoxy) is 1. The van der Waals surface area contributed by atoms with Crippen molar-refractivity contribution in [2.24, 2.45) is 0 Å². The Bertz CT molecular complexity index is 546. The number of amides is 1. The van der Waals surface area contributed by atoms with Gasteiger partial charge < -0.3 is 9.64 Å². The summed E-state index contributed by atoms with van der Waals surface area (Å²) in [7, 11) is 0. The van der Waals surface area contributed by atoms with Gasteiger partial charge in [0.15, 0.2) is 0 Å². The lowest BCUT2D eigenvalue weighted by atomic mass is 9.87. The van der Waals surface area contributed by atoms with Crippen molar-refractivity contribution in [2.75, 3.05) is 13.1 Å². The van der Waals surface area contributed by atoms with Crippen LogP contribution in [-0.4, -0.2) is 34.9 Å². The van der Waals surface area contributed by atoms with E-state index in [2.05, 4.69) is 45.0 Å². The number of thioether (sulfide) groups is 1. The van der Waals surface area contributed by atoms with E-state index in [0.717, 1.165) is 25.9 Å². The highest BCUT2D eigenvalue weighted by molar-refractivity contribution is 8.00. The van der Waals surface area contributed by atoms with Gasteiger partial charge in [-0.05, 0) is 56.7 Å². The number of hydrogen-bond donors (Lipinski definition) is 0. The number of carbonyl (C=O) groups is 1. The van der Waals surface area contributed by atoms with Crippen LogP contribution >= 0.6 is 11.8 Å². The van der Waals surface area contributed by atoms with Crippen LogP contribution in [0.5, 0.6) is 0 Å². The van der Waals surface area contributed by atoms with Crippen molar-refractivity contribution in [2.45, 2.75) is 75.5 Å². The summed E-state index contributed by atoms with van der Waals surface area (Å²) in [6, 6.07) is 8.92. The van der Waals surface area contributed by atoms with Gasteiger partial charge in [-0.25, -0.2) is 4.79 Å². The lowest BCUT2D eigenvalue weighted by Gasteiger charge is -2.33. The molecule has 1 fully saturated rings. The van der Waals surface area contributed by atoms with E-state index >= 15 is 0 Å². The zero-order chi connectivity index (χ0) is 18.0. The van der Waals surface area contributed by atoms with Gasteiger partial charge in [0.05, 0.1) is 0 Å². The van der Waals surface area contributed by atoms with Crippen LogP contribution in [0, 0.1) is 0 Å². The molecule has 3 nitrogen and oxygen atoms in total. The highest BCUT2D eigenvalue weighted by Crippen LogP contribution is 2.32. The second-order valence-electron chi connectivity index (χ2n) is 8.56. The molecule has 0 N–H and O–H groups in total. The fourth-order valence-corrected chi connectivity index (χ4v) is 3.83. The summed E-state index contributed by atoms with van der Waals surface area (Å²) in [4.78, 5) is 15.3. The van der Waals surface area contributed by atoms with Crippen LogP contribution in [-0.2, 0) is 10.2 Å². The monoisotopic (exact) mass is 349 g/mol. The predicted molar refractivity (Wildman–Crippen MR) is 102 cm³/mol. The molecule has 0 spiro atoms. The van der Waals surface area contributed by atoms with E-state index in [0.29, 0.717) is 5.25 Å². The third-order valence-electron chi connectivity index (χ3n) is 4.12. The Morgan fingerprint density at radius 2 is 1.58 bits per heavy atom. The third kappa shape index (κ3) is 5.73. The molecule has 0 unspecified atom stereocenters. The van der Waals surface area contributed by atoms with Crippen LogP contribution in [0.1, 0.15) is 59.9 Å². The minimum Gasteiger partial charge on any atom is -0.444 e. The normalized spacial score (nSPS) is 17.0. The Balaban J connectivity index is 1.84. The Morgan fingerprint density at radius 3 is 2.04 bits per heavy atom. The highest BCUT2D eigenvalue weighted by atomic mass is 32.2. The predicted octanol–water partition coefficient (Wildman–Crippen LogP) is 5.48. The number of carbonyl (C=O) groups excluding carboxylic acids is 1. The first kappa shape index (κ1) is 19.2. The fraction of sp³-hybridized carbons (Fsp3) is 0.650. The van der Waals surface area contributed by atoms with E-state index in [1.165, 1.54) is 10.5 Å². The van der Waals surface area contributed by atoms with Crippen molar-refractivity contribution in [3.63, 3.8) is 0 Å². The Hall–Kier alpha value is -1.16. The SMILES string of the molecule is CC(C)(C)OC(=O)N1CCC(Sc2ccc(C(C)(C)C)cc2)CC1. The first-order chi connectivity index (χ1) is 11.0. The summed E-state index contributed by atoms with van der Waals surface area (Å²) in [5.41, 5.74) is 1.14. The van der Waals surface area contributed by atoms with Crippen molar-refractivity contribution < 1.29 is 9.53 Å². The lowest BCUT2D eigenvalue weighted by Crippen LogP contribution is -2.42. The molecule has 0 aliphatic carbocycles. The van der Waals surface area contributed by atoms with Crippen molar-refractivity contribution >= 4 is 17.9 Å². The molecule has 0 bridgehead atoms. The number of piperidine rings is 1. The van der Waals surface area contributed by atoms with Crippen molar-refractivity contribution in [1.29, 1.82) is 0 Å². The molecule has 0 radical (unpaired) electrons. The number of nitrogens with zero attached hydrogens (tertiary/aromatic N) is 1. The minimum atomic E-state index is -0.419. The molecule has 1 amide bonds. The third-order valence-corrected chi connectivity index (χ3v) is 5.47. The lowest BCUT2D eigenvalue weighted by molar-refractivity contribution is 0.0219. The molecule has 0 saturated carbocycles. The average molecular weight is 350 g/mol. The summed E-state index contributed by atoms with van der Waals surface area (Å²) < 4.78 is 5.46. The van der Waals surface area contributed by atoms with Gasteiger partial charge in [0.2, 0.25) is 0 Å². The molecule has 0 aromatic heterocycles.